The number of phenolic OH excluding ortho intramolecular Hbond substituents is 1. The van der Waals surface area contributed by atoms with Gasteiger partial charge >= 0.3 is 0 Å². The summed E-state index contributed by atoms with van der Waals surface area (Å²) in [5.41, 5.74) is 1.85. The molecule has 1 saturated heterocycles. The van der Waals surface area contributed by atoms with E-state index in [2.05, 4.69) is 47.1 Å². The first-order valence-corrected chi connectivity index (χ1v) is 8.97. The van der Waals surface area contributed by atoms with Gasteiger partial charge in [0, 0.05) is 43.6 Å². The molecule has 1 aromatic heterocycles. The fraction of sp³-hybridized carbons (Fsp3) is 0.450. The topological polar surface area (TPSA) is 57.5 Å². The number of benzene rings is 1. The molecule has 0 saturated carbocycles. The maximum atomic E-state index is 12.2. The van der Waals surface area contributed by atoms with Crippen molar-refractivity contribution in [2.24, 2.45) is 5.92 Å². The minimum atomic E-state index is -0.122. The molecule has 3 rings (SSSR count). The van der Waals surface area contributed by atoms with E-state index in [0.29, 0.717) is 24.1 Å². The van der Waals surface area contributed by atoms with Crippen LogP contribution in [-0.2, 0) is 6.54 Å². The Morgan fingerprint density at radius 3 is 2.92 bits per heavy atom. The number of likely N-dealkylation sites (tertiary alicyclic amines) is 1. The van der Waals surface area contributed by atoms with Crippen molar-refractivity contribution in [3.63, 3.8) is 0 Å². The van der Waals surface area contributed by atoms with E-state index in [1.54, 1.807) is 18.2 Å². The Morgan fingerprint density at radius 2 is 2.20 bits per heavy atom. The molecule has 2 heterocycles. The normalized spacial score (nSPS) is 18.0. The van der Waals surface area contributed by atoms with E-state index >= 15 is 0 Å². The molecule has 25 heavy (non-hydrogen) atoms. The monoisotopic (exact) mass is 341 g/mol. The summed E-state index contributed by atoms with van der Waals surface area (Å²) in [4.78, 5) is 14.6. The number of aromatic hydroxyl groups is 1. The van der Waals surface area contributed by atoms with Crippen LogP contribution < -0.4 is 5.32 Å². The summed E-state index contributed by atoms with van der Waals surface area (Å²) in [6.07, 6.45) is 5.47. The molecule has 0 spiro atoms. The maximum Gasteiger partial charge on any atom is 0.251 e. The number of amides is 1. The summed E-state index contributed by atoms with van der Waals surface area (Å²) in [5.74, 6) is 0.477. The number of hydrogen-bond donors (Lipinski definition) is 2. The minimum absolute atomic E-state index is 0.119. The van der Waals surface area contributed by atoms with Gasteiger partial charge in [0.15, 0.2) is 0 Å². The van der Waals surface area contributed by atoms with Crippen molar-refractivity contribution in [1.82, 2.24) is 14.8 Å². The van der Waals surface area contributed by atoms with Crippen molar-refractivity contribution >= 4 is 5.91 Å². The summed E-state index contributed by atoms with van der Waals surface area (Å²) in [7, 11) is 0. The highest BCUT2D eigenvalue weighted by atomic mass is 16.3. The number of aromatic nitrogens is 1. The Hall–Kier alpha value is -2.27. The van der Waals surface area contributed by atoms with Crippen molar-refractivity contribution < 1.29 is 9.90 Å². The van der Waals surface area contributed by atoms with Crippen LogP contribution in [0.4, 0.5) is 0 Å². The van der Waals surface area contributed by atoms with Crippen molar-refractivity contribution in [2.45, 2.75) is 32.9 Å². The molecule has 2 N–H and O–H groups in total. The molecular formula is C20H27N3O2. The van der Waals surface area contributed by atoms with Crippen molar-refractivity contribution in [1.29, 1.82) is 0 Å². The fourth-order valence-electron chi connectivity index (χ4n) is 3.34. The molecule has 1 aromatic carbocycles. The summed E-state index contributed by atoms with van der Waals surface area (Å²) >= 11 is 0. The zero-order valence-corrected chi connectivity index (χ0v) is 15.0. The second-order valence-corrected chi connectivity index (χ2v) is 7.21. The molecule has 1 aliphatic heterocycles. The molecule has 0 bridgehead atoms. The first-order valence-electron chi connectivity index (χ1n) is 8.97. The predicted octanol–water partition coefficient (Wildman–Crippen LogP) is 3.03. The zero-order chi connectivity index (χ0) is 17.8. The standard InChI is InChI=1S/C20H27N3O2/c1-15(2)23-9-7-17(14-23)13-22-8-6-16(12-22)11-21-20(25)18-4-3-5-19(24)10-18/h3-5,7,9-10,14-16,24H,6,8,11-13H2,1-2H3,(H,21,25)/t16-/m0/s1. The molecule has 0 unspecified atom stereocenters. The summed E-state index contributed by atoms with van der Waals surface area (Å²) in [6.45, 7) is 8.09. The number of nitrogens with zero attached hydrogens (tertiary/aromatic N) is 2. The van der Waals surface area contributed by atoms with E-state index in [1.807, 2.05) is 0 Å². The minimum Gasteiger partial charge on any atom is -0.508 e. The van der Waals surface area contributed by atoms with Crippen LogP contribution in [0.1, 0.15) is 42.2 Å². The predicted molar refractivity (Wildman–Crippen MR) is 98.6 cm³/mol. The van der Waals surface area contributed by atoms with Gasteiger partial charge in [-0.05, 0) is 62.6 Å². The van der Waals surface area contributed by atoms with Gasteiger partial charge in [-0.2, -0.15) is 0 Å². The number of carbonyl (C=O) groups is 1. The molecule has 1 fully saturated rings. The number of hydrogen-bond acceptors (Lipinski definition) is 3. The lowest BCUT2D eigenvalue weighted by Crippen LogP contribution is -2.30. The molecule has 2 aromatic rings. The zero-order valence-electron chi connectivity index (χ0n) is 15.0. The first-order chi connectivity index (χ1) is 12.0. The van der Waals surface area contributed by atoms with Gasteiger partial charge in [0.05, 0.1) is 0 Å². The van der Waals surface area contributed by atoms with Crippen LogP contribution >= 0.6 is 0 Å². The molecule has 5 nitrogen and oxygen atoms in total. The number of nitrogens with one attached hydrogen (secondary N) is 1. The van der Waals surface area contributed by atoms with E-state index in [9.17, 15) is 9.90 Å². The second kappa shape index (κ2) is 7.74. The van der Waals surface area contributed by atoms with Gasteiger partial charge in [0.1, 0.15) is 5.75 Å². The average Bonchev–Trinajstić information content (AvgIpc) is 3.22. The van der Waals surface area contributed by atoms with Crippen LogP contribution in [0.3, 0.4) is 0 Å². The molecule has 1 amide bonds. The lowest BCUT2D eigenvalue weighted by atomic mass is 10.1. The Bertz CT molecular complexity index is 723. The van der Waals surface area contributed by atoms with Gasteiger partial charge < -0.3 is 15.0 Å². The third-order valence-corrected chi connectivity index (χ3v) is 4.81. The van der Waals surface area contributed by atoms with Crippen LogP contribution in [0.15, 0.2) is 42.7 Å². The Balaban J connectivity index is 1.45. The third kappa shape index (κ3) is 4.63. The summed E-state index contributed by atoms with van der Waals surface area (Å²) in [6, 6.07) is 9.15. The largest absolute Gasteiger partial charge is 0.508 e. The molecule has 1 aliphatic rings. The van der Waals surface area contributed by atoms with E-state index in [-0.39, 0.29) is 11.7 Å². The van der Waals surface area contributed by atoms with Crippen LogP contribution in [0.25, 0.3) is 0 Å². The van der Waals surface area contributed by atoms with Gasteiger partial charge in [-0.25, -0.2) is 0 Å². The van der Waals surface area contributed by atoms with Crippen molar-refractivity contribution in [3.05, 3.63) is 53.9 Å². The third-order valence-electron chi connectivity index (χ3n) is 4.81. The lowest BCUT2D eigenvalue weighted by Gasteiger charge is -2.16. The number of carbonyl (C=O) groups excluding carboxylic acids is 1. The van der Waals surface area contributed by atoms with E-state index in [1.165, 1.54) is 11.6 Å². The van der Waals surface area contributed by atoms with Gasteiger partial charge in [-0.3, -0.25) is 9.69 Å². The van der Waals surface area contributed by atoms with Gasteiger partial charge in [-0.1, -0.05) is 6.07 Å². The van der Waals surface area contributed by atoms with Gasteiger partial charge in [0.25, 0.3) is 5.91 Å². The molecule has 0 radical (unpaired) electrons. The highest BCUT2D eigenvalue weighted by Gasteiger charge is 2.23. The first kappa shape index (κ1) is 17.5. The summed E-state index contributed by atoms with van der Waals surface area (Å²) < 4.78 is 2.23. The highest BCUT2D eigenvalue weighted by molar-refractivity contribution is 5.94. The molecule has 5 heteroatoms. The number of phenols is 1. The number of rotatable bonds is 6. The van der Waals surface area contributed by atoms with Gasteiger partial charge in [-0.15, -0.1) is 0 Å². The van der Waals surface area contributed by atoms with E-state index in [0.717, 1.165) is 26.1 Å². The molecule has 1 atom stereocenters. The van der Waals surface area contributed by atoms with Crippen molar-refractivity contribution in [3.8, 4) is 5.75 Å². The quantitative estimate of drug-likeness (QED) is 0.849. The lowest BCUT2D eigenvalue weighted by molar-refractivity contribution is 0.0947. The van der Waals surface area contributed by atoms with Gasteiger partial charge in [0.2, 0.25) is 0 Å². The highest BCUT2D eigenvalue weighted by Crippen LogP contribution is 2.19. The second-order valence-electron chi connectivity index (χ2n) is 7.21. The Kier molecular flexibility index (Phi) is 5.43. The Labute approximate surface area is 149 Å². The molecule has 0 aliphatic carbocycles. The molecule has 134 valence electrons. The average molecular weight is 341 g/mol. The molecular weight excluding hydrogens is 314 g/mol. The maximum absolute atomic E-state index is 12.2. The van der Waals surface area contributed by atoms with E-state index < -0.39 is 0 Å². The summed E-state index contributed by atoms with van der Waals surface area (Å²) in [5, 5.41) is 12.5. The van der Waals surface area contributed by atoms with Crippen LogP contribution in [-0.4, -0.2) is 40.1 Å². The van der Waals surface area contributed by atoms with E-state index in [4.69, 9.17) is 0 Å². The van der Waals surface area contributed by atoms with Crippen LogP contribution in [0.5, 0.6) is 5.75 Å². The smallest absolute Gasteiger partial charge is 0.251 e. The SMILES string of the molecule is CC(C)n1ccc(CN2CC[C@@H](CNC(=O)c3cccc(O)c3)C2)c1. The van der Waals surface area contributed by atoms with Crippen molar-refractivity contribution in [2.75, 3.05) is 19.6 Å². The van der Waals surface area contributed by atoms with Crippen LogP contribution in [0.2, 0.25) is 0 Å². The fourth-order valence-corrected chi connectivity index (χ4v) is 3.34. The Morgan fingerprint density at radius 1 is 1.36 bits per heavy atom. The van der Waals surface area contributed by atoms with Crippen LogP contribution in [0, 0.1) is 5.92 Å².